The largest absolute Gasteiger partial charge is 0.374 e. The normalized spacial score (nSPS) is 21.6. The van der Waals surface area contributed by atoms with Gasteiger partial charge in [-0.05, 0) is 31.2 Å². The summed E-state index contributed by atoms with van der Waals surface area (Å²) in [5.74, 6) is 0. The van der Waals surface area contributed by atoms with Crippen LogP contribution in [0.1, 0.15) is 11.1 Å². The fourth-order valence-corrected chi connectivity index (χ4v) is 2.18. The lowest BCUT2D eigenvalue weighted by Gasteiger charge is -2.33. The van der Waals surface area contributed by atoms with Crippen molar-refractivity contribution in [3.05, 3.63) is 29.6 Å². The molecule has 17 heavy (non-hydrogen) atoms. The number of hydrogen-bond acceptors (Lipinski definition) is 4. The van der Waals surface area contributed by atoms with E-state index < -0.39 is 0 Å². The van der Waals surface area contributed by atoms with Gasteiger partial charge in [0.2, 0.25) is 0 Å². The van der Waals surface area contributed by atoms with Gasteiger partial charge in [0.25, 0.3) is 0 Å². The Hall–Kier alpha value is -0.970. The minimum atomic E-state index is 0.311. The van der Waals surface area contributed by atoms with Gasteiger partial charge in [-0.15, -0.1) is 0 Å². The lowest BCUT2D eigenvalue weighted by atomic mass is 10.1. The van der Waals surface area contributed by atoms with E-state index in [1.807, 2.05) is 19.4 Å². The predicted octanol–water partition coefficient (Wildman–Crippen LogP) is 0.810. The molecule has 4 heteroatoms. The monoisotopic (exact) mass is 235 g/mol. The molecule has 1 unspecified atom stereocenters. The zero-order valence-electron chi connectivity index (χ0n) is 10.6. The molecule has 2 rings (SSSR count). The van der Waals surface area contributed by atoms with Gasteiger partial charge >= 0.3 is 0 Å². The molecule has 1 fully saturated rings. The number of ether oxygens (including phenoxy) is 1. The van der Waals surface area contributed by atoms with Crippen LogP contribution in [-0.4, -0.2) is 49.3 Å². The van der Waals surface area contributed by atoms with Crippen molar-refractivity contribution in [3.8, 4) is 0 Å². The molecule has 94 valence electrons. The van der Waals surface area contributed by atoms with Crippen LogP contribution in [0.25, 0.3) is 0 Å². The summed E-state index contributed by atoms with van der Waals surface area (Å²) < 4.78 is 5.70. The highest BCUT2D eigenvalue weighted by molar-refractivity contribution is 5.21. The van der Waals surface area contributed by atoms with Gasteiger partial charge in [0.05, 0.1) is 12.7 Å². The van der Waals surface area contributed by atoms with E-state index in [1.165, 1.54) is 11.1 Å². The van der Waals surface area contributed by atoms with Crippen molar-refractivity contribution in [1.29, 1.82) is 0 Å². The van der Waals surface area contributed by atoms with E-state index >= 15 is 0 Å². The molecule has 1 aromatic rings. The summed E-state index contributed by atoms with van der Waals surface area (Å²) in [5.41, 5.74) is 2.63. The number of nitrogens with one attached hydrogen (secondary N) is 1. The SMILES string of the molecule is CNCC1CN(Cc2cnccc2C)CCO1. The summed E-state index contributed by atoms with van der Waals surface area (Å²) in [5, 5.41) is 3.17. The highest BCUT2D eigenvalue weighted by Crippen LogP contribution is 2.12. The quantitative estimate of drug-likeness (QED) is 0.838. The lowest BCUT2D eigenvalue weighted by Crippen LogP contribution is -2.45. The van der Waals surface area contributed by atoms with Gasteiger partial charge in [0, 0.05) is 38.6 Å². The van der Waals surface area contributed by atoms with Crippen LogP contribution in [0.5, 0.6) is 0 Å². The molecular formula is C13H21N3O. The van der Waals surface area contributed by atoms with Gasteiger partial charge in [-0.2, -0.15) is 0 Å². The maximum absolute atomic E-state index is 5.70. The highest BCUT2D eigenvalue weighted by atomic mass is 16.5. The van der Waals surface area contributed by atoms with Crippen molar-refractivity contribution in [1.82, 2.24) is 15.2 Å². The van der Waals surface area contributed by atoms with Crippen LogP contribution in [0.4, 0.5) is 0 Å². The van der Waals surface area contributed by atoms with E-state index in [0.717, 1.165) is 32.8 Å². The number of pyridine rings is 1. The zero-order valence-corrected chi connectivity index (χ0v) is 10.6. The third kappa shape index (κ3) is 3.49. The minimum Gasteiger partial charge on any atom is -0.374 e. The van der Waals surface area contributed by atoms with E-state index in [-0.39, 0.29) is 0 Å². The van der Waals surface area contributed by atoms with Gasteiger partial charge in [0.15, 0.2) is 0 Å². The zero-order chi connectivity index (χ0) is 12.1. The maximum atomic E-state index is 5.70. The molecule has 2 heterocycles. The topological polar surface area (TPSA) is 37.4 Å². The van der Waals surface area contributed by atoms with Gasteiger partial charge in [0.1, 0.15) is 0 Å². The molecule has 1 saturated heterocycles. The summed E-state index contributed by atoms with van der Waals surface area (Å²) >= 11 is 0. The Bertz CT molecular complexity index is 354. The third-order valence-electron chi connectivity index (χ3n) is 3.20. The van der Waals surface area contributed by atoms with Crippen LogP contribution >= 0.6 is 0 Å². The molecule has 1 aromatic heterocycles. The molecule has 0 radical (unpaired) electrons. The third-order valence-corrected chi connectivity index (χ3v) is 3.20. The number of morpholine rings is 1. The molecule has 0 aromatic carbocycles. The van der Waals surface area contributed by atoms with Crippen LogP contribution in [0.15, 0.2) is 18.5 Å². The van der Waals surface area contributed by atoms with Crippen LogP contribution in [0, 0.1) is 6.92 Å². The first-order valence-electron chi connectivity index (χ1n) is 6.17. The second-order valence-electron chi connectivity index (χ2n) is 4.59. The Labute approximate surface area is 103 Å². The Morgan fingerprint density at radius 2 is 2.47 bits per heavy atom. The standard InChI is InChI=1S/C13H21N3O/c1-11-3-4-15-7-12(11)9-16-5-6-17-13(10-16)8-14-2/h3-4,7,13-14H,5-6,8-10H2,1-2H3. The van der Waals surface area contributed by atoms with E-state index in [4.69, 9.17) is 4.74 Å². The molecule has 1 N–H and O–H groups in total. The van der Waals surface area contributed by atoms with Crippen LogP contribution in [0.3, 0.4) is 0 Å². The fourth-order valence-electron chi connectivity index (χ4n) is 2.18. The molecule has 0 amide bonds. The number of likely N-dealkylation sites (N-methyl/N-ethyl adjacent to an activating group) is 1. The molecule has 0 spiro atoms. The average molecular weight is 235 g/mol. The Kier molecular flexibility index (Phi) is 4.48. The van der Waals surface area contributed by atoms with Gasteiger partial charge in [-0.1, -0.05) is 0 Å². The van der Waals surface area contributed by atoms with Crippen molar-refractivity contribution in [2.24, 2.45) is 0 Å². The van der Waals surface area contributed by atoms with Gasteiger partial charge in [-0.3, -0.25) is 9.88 Å². The van der Waals surface area contributed by atoms with Crippen molar-refractivity contribution in [2.75, 3.05) is 33.3 Å². The minimum absolute atomic E-state index is 0.311. The molecule has 1 aliphatic heterocycles. The first-order chi connectivity index (χ1) is 8.29. The number of aryl methyl sites for hydroxylation is 1. The van der Waals surface area contributed by atoms with Gasteiger partial charge < -0.3 is 10.1 Å². The average Bonchev–Trinajstić information content (AvgIpc) is 2.33. The smallest absolute Gasteiger partial charge is 0.0826 e. The van der Waals surface area contributed by atoms with Crippen molar-refractivity contribution < 1.29 is 4.74 Å². The molecule has 0 saturated carbocycles. The van der Waals surface area contributed by atoms with E-state index in [1.54, 1.807) is 0 Å². The lowest BCUT2D eigenvalue weighted by molar-refractivity contribution is -0.0292. The molecule has 1 aliphatic rings. The summed E-state index contributed by atoms with van der Waals surface area (Å²) in [4.78, 5) is 6.64. The summed E-state index contributed by atoms with van der Waals surface area (Å²) in [7, 11) is 1.97. The summed E-state index contributed by atoms with van der Waals surface area (Å²) in [6, 6.07) is 2.07. The second-order valence-corrected chi connectivity index (χ2v) is 4.59. The molecule has 0 aliphatic carbocycles. The van der Waals surface area contributed by atoms with E-state index in [9.17, 15) is 0 Å². The van der Waals surface area contributed by atoms with Crippen molar-refractivity contribution in [2.45, 2.75) is 19.6 Å². The van der Waals surface area contributed by atoms with Crippen LogP contribution < -0.4 is 5.32 Å². The Morgan fingerprint density at radius 1 is 1.59 bits per heavy atom. The highest BCUT2D eigenvalue weighted by Gasteiger charge is 2.20. The number of hydrogen-bond donors (Lipinski definition) is 1. The van der Waals surface area contributed by atoms with Crippen LogP contribution in [0.2, 0.25) is 0 Å². The Morgan fingerprint density at radius 3 is 3.24 bits per heavy atom. The second kappa shape index (κ2) is 6.10. The number of rotatable bonds is 4. The first-order valence-corrected chi connectivity index (χ1v) is 6.17. The Balaban J connectivity index is 1.92. The number of aromatic nitrogens is 1. The van der Waals surface area contributed by atoms with Crippen LogP contribution in [-0.2, 0) is 11.3 Å². The van der Waals surface area contributed by atoms with E-state index in [2.05, 4.69) is 28.2 Å². The van der Waals surface area contributed by atoms with Crippen molar-refractivity contribution in [3.63, 3.8) is 0 Å². The molecule has 1 atom stereocenters. The predicted molar refractivity (Wildman–Crippen MR) is 67.9 cm³/mol. The number of nitrogens with zero attached hydrogens (tertiary/aromatic N) is 2. The van der Waals surface area contributed by atoms with E-state index in [0.29, 0.717) is 6.10 Å². The molecular weight excluding hydrogens is 214 g/mol. The summed E-state index contributed by atoms with van der Waals surface area (Å²) in [6.07, 6.45) is 4.13. The first kappa shape index (κ1) is 12.5. The molecule has 4 nitrogen and oxygen atoms in total. The molecule has 0 bridgehead atoms. The maximum Gasteiger partial charge on any atom is 0.0826 e. The fraction of sp³-hybridized carbons (Fsp3) is 0.615. The van der Waals surface area contributed by atoms with Crippen molar-refractivity contribution >= 4 is 0 Å². The van der Waals surface area contributed by atoms with Gasteiger partial charge in [-0.25, -0.2) is 0 Å². The summed E-state index contributed by atoms with van der Waals surface area (Å²) in [6.45, 7) is 6.86.